The third kappa shape index (κ3) is 3.80. The fourth-order valence-corrected chi connectivity index (χ4v) is 3.00. The van der Waals surface area contributed by atoms with Gasteiger partial charge in [-0.1, -0.05) is 15.9 Å². The van der Waals surface area contributed by atoms with Gasteiger partial charge >= 0.3 is 0 Å². The van der Waals surface area contributed by atoms with E-state index in [-0.39, 0.29) is 12.0 Å². The smallest absolute Gasteiger partial charge is 0.255 e. The third-order valence-corrected chi connectivity index (χ3v) is 4.46. The summed E-state index contributed by atoms with van der Waals surface area (Å²) in [5.41, 5.74) is 0.689. The Morgan fingerprint density at radius 1 is 1.47 bits per heavy atom. The molecule has 0 spiro atoms. The molecule has 1 heterocycles. The molecule has 3 nitrogen and oxygen atoms in total. The molecule has 1 atom stereocenters. The van der Waals surface area contributed by atoms with Gasteiger partial charge in [0.25, 0.3) is 5.91 Å². The van der Waals surface area contributed by atoms with Crippen LogP contribution in [-0.2, 0) is 4.74 Å². The van der Waals surface area contributed by atoms with E-state index in [4.69, 9.17) is 4.74 Å². The van der Waals surface area contributed by atoms with E-state index in [1.165, 1.54) is 0 Å². The minimum absolute atomic E-state index is 0.0474. The Labute approximate surface area is 130 Å². The molecule has 1 amide bonds. The lowest BCUT2D eigenvalue weighted by molar-refractivity contribution is 0.0538. The molecule has 19 heavy (non-hydrogen) atoms. The molecule has 0 aliphatic carbocycles. The molecule has 104 valence electrons. The summed E-state index contributed by atoms with van der Waals surface area (Å²) in [6, 6.07) is 5.65. The van der Waals surface area contributed by atoms with Crippen LogP contribution in [0, 0.1) is 0 Å². The van der Waals surface area contributed by atoms with Crippen molar-refractivity contribution in [2.45, 2.75) is 25.9 Å². The predicted molar refractivity (Wildman–Crippen MR) is 82.4 cm³/mol. The lowest BCUT2D eigenvalue weighted by atomic mass is 10.1. The second kappa shape index (κ2) is 6.86. The van der Waals surface area contributed by atoms with Crippen molar-refractivity contribution in [2.24, 2.45) is 0 Å². The van der Waals surface area contributed by atoms with Gasteiger partial charge in [0, 0.05) is 28.6 Å². The standard InChI is InChI=1S/C14H17Br2NO2/c1-2-17(9-11-4-3-7-19-11)14(18)12-8-10(15)5-6-13(12)16/h5-6,8,11H,2-4,7,9H2,1H3. The fraction of sp³-hybridized carbons (Fsp3) is 0.500. The molecule has 1 saturated heterocycles. The molecule has 1 aromatic rings. The number of carbonyl (C=O) groups is 1. The van der Waals surface area contributed by atoms with Crippen LogP contribution in [0.5, 0.6) is 0 Å². The van der Waals surface area contributed by atoms with Crippen LogP contribution in [0.15, 0.2) is 27.1 Å². The lowest BCUT2D eigenvalue weighted by Crippen LogP contribution is -2.37. The Bertz CT molecular complexity index is 459. The number of halogens is 2. The summed E-state index contributed by atoms with van der Waals surface area (Å²) in [5, 5.41) is 0. The van der Waals surface area contributed by atoms with Crippen LogP contribution in [0.4, 0.5) is 0 Å². The van der Waals surface area contributed by atoms with Crippen LogP contribution in [0.2, 0.25) is 0 Å². The van der Waals surface area contributed by atoms with Gasteiger partial charge in [0.2, 0.25) is 0 Å². The molecule has 0 N–H and O–H groups in total. The Balaban J connectivity index is 2.12. The van der Waals surface area contributed by atoms with Gasteiger partial charge < -0.3 is 9.64 Å². The maximum absolute atomic E-state index is 12.6. The number of amides is 1. The Hall–Kier alpha value is -0.390. The maximum atomic E-state index is 12.6. The number of hydrogen-bond acceptors (Lipinski definition) is 2. The average Bonchev–Trinajstić information content (AvgIpc) is 2.91. The van der Waals surface area contributed by atoms with E-state index in [2.05, 4.69) is 31.9 Å². The zero-order valence-electron chi connectivity index (χ0n) is 10.9. The largest absolute Gasteiger partial charge is 0.376 e. The minimum Gasteiger partial charge on any atom is -0.376 e. The molecule has 1 aromatic carbocycles. The van der Waals surface area contributed by atoms with Crippen molar-refractivity contribution < 1.29 is 9.53 Å². The highest BCUT2D eigenvalue weighted by Gasteiger charge is 2.23. The second-order valence-electron chi connectivity index (χ2n) is 4.60. The minimum atomic E-state index is 0.0474. The van der Waals surface area contributed by atoms with E-state index >= 15 is 0 Å². The number of benzene rings is 1. The molecule has 1 aliphatic rings. The van der Waals surface area contributed by atoms with Gasteiger partial charge in [-0.25, -0.2) is 0 Å². The summed E-state index contributed by atoms with van der Waals surface area (Å²) in [4.78, 5) is 14.4. The molecule has 2 rings (SSSR count). The van der Waals surface area contributed by atoms with Crippen LogP contribution in [0.1, 0.15) is 30.1 Å². The molecule has 0 radical (unpaired) electrons. The summed E-state index contributed by atoms with van der Waals surface area (Å²) in [6.45, 7) is 4.18. The predicted octanol–water partition coefficient (Wildman–Crippen LogP) is 3.85. The van der Waals surface area contributed by atoms with Crippen molar-refractivity contribution in [2.75, 3.05) is 19.7 Å². The number of carbonyl (C=O) groups excluding carboxylic acids is 1. The molecule has 0 aromatic heterocycles. The SMILES string of the molecule is CCN(CC1CCCO1)C(=O)c1cc(Br)ccc1Br. The Morgan fingerprint density at radius 2 is 2.26 bits per heavy atom. The summed E-state index contributed by atoms with van der Waals surface area (Å²) in [7, 11) is 0. The molecular formula is C14H17Br2NO2. The topological polar surface area (TPSA) is 29.5 Å². The molecule has 0 bridgehead atoms. The van der Waals surface area contributed by atoms with Crippen molar-refractivity contribution in [1.29, 1.82) is 0 Å². The molecule has 1 fully saturated rings. The third-order valence-electron chi connectivity index (χ3n) is 3.28. The highest BCUT2D eigenvalue weighted by Crippen LogP contribution is 2.23. The first kappa shape index (κ1) is 15.0. The van der Waals surface area contributed by atoms with Crippen LogP contribution in [0.3, 0.4) is 0 Å². The summed E-state index contributed by atoms with van der Waals surface area (Å²) >= 11 is 6.85. The van der Waals surface area contributed by atoms with Crippen molar-refractivity contribution in [1.82, 2.24) is 4.90 Å². The highest BCUT2D eigenvalue weighted by atomic mass is 79.9. The van der Waals surface area contributed by atoms with Gasteiger partial charge in [-0.2, -0.15) is 0 Å². The zero-order valence-corrected chi connectivity index (χ0v) is 14.0. The normalized spacial score (nSPS) is 18.6. The van der Waals surface area contributed by atoms with Gasteiger partial charge in [-0.3, -0.25) is 4.79 Å². The monoisotopic (exact) mass is 389 g/mol. The number of rotatable bonds is 4. The van der Waals surface area contributed by atoms with E-state index in [1.54, 1.807) is 0 Å². The first-order chi connectivity index (χ1) is 9.11. The van der Waals surface area contributed by atoms with Crippen molar-refractivity contribution in [3.63, 3.8) is 0 Å². The molecule has 1 unspecified atom stereocenters. The molecule has 1 aliphatic heterocycles. The lowest BCUT2D eigenvalue weighted by Gasteiger charge is -2.24. The first-order valence-electron chi connectivity index (χ1n) is 6.47. The second-order valence-corrected chi connectivity index (χ2v) is 6.37. The number of nitrogens with zero attached hydrogens (tertiary/aromatic N) is 1. The van der Waals surface area contributed by atoms with E-state index in [9.17, 15) is 4.79 Å². The van der Waals surface area contributed by atoms with Gasteiger partial charge in [0.15, 0.2) is 0 Å². The van der Waals surface area contributed by atoms with Gasteiger partial charge in [-0.05, 0) is 53.9 Å². The summed E-state index contributed by atoms with van der Waals surface area (Å²) in [5.74, 6) is 0.0474. The van der Waals surface area contributed by atoms with Crippen LogP contribution in [0.25, 0.3) is 0 Å². The summed E-state index contributed by atoms with van der Waals surface area (Å²) < 4.78 is 7.35. The van der Waals surface area contributed by atoms with Crippen LogP contribution in [-0.4, -0.2) is 36.6 Å². The quantitative estimate of drug-likeness (QED) is 0.781. The Morgan fingerprint density at radius 3 is 2.89 bits per heavy atom. The Kier molecular flexibility index (Phi) is 5.42. The van der Waals surface area contributed by atoms with Crippen molar-refractivity contribution in [3.05, 3.63) is 32.7 Å². The van der Waals surface area contributed by atoms with Crippen molar-refractivity contribution >= 4 is 37.8 Å². The number of likely N-dealkylation sites (N-methyl/N-ethyl adjacent to an activating group) is 1. The van der Waals surface area contributed by atoms with Crippen molar-refractivity contribution in [3.8, 4) is 0 Å². The maximum Gasteiger partial charge on any atom is 0.255 e. The fourth-order valence-electron chi connectivity index (χ4n) is 2.22. The van der Waals surface area contributed by atoms with Crippen LogP contribution < -0.4 is 0 Å². The van der Waals surface area contributed by atoms with E-state index < -0.39 is 0 Å². The number of hydrogen-bond donors (Lipinski definition) is 0. The van der Waals surface area contributed by atoms with Gasteiger partial charge in [0.05, 0.1) is 11.7 Å². The first-order valence-corrected chi connectivity index (χ1v) is 8.06. The van der Waals surface area contributed by atoms with E-state index in [1.807, 2.05) is 30.0 Å². The zero-order chi connectivity index (χ0) is 13.8. The van der Waals surface area contributed by atoms with Crippen LogP contribution >= 0.6 is 31.9 Å². The molecular weight excluding hydrogens is 374 g/mol. The summed E-state index contributed by atoms with van der Waals surface area (Å²) in [6.07, 6.45) is 2.33. The molecule has 0 saturated carbocycles. The van der Waals surface area contributed by atoms with E-state index in [0.717, 1.165) is 28.4 Å². The van der Waals surface area contributed by atoms with Gasteiger partial charge in [-0.15, -0.1) is 0 Å². The van der Waals surface area contributed by atoms with E-state index in [0.29, 0.717) is 18.7 Å². The highest BCUT2D eigenvalue weighted by molar-refractivity contribution is 9.11. The number of ether oxygens (including phenoxy) is 1. The average molecular weight is 391 g/mol. The molecule has 5 heteroatoms. The van der Waals surface area contributed by atoms with Gasteiger partial charge in [0.1, 0.15) is 0 Å².